The minimum atomic E-state index is 0.608. The van der Waals surface area contributed by atoms with Gasteiger partial charge < -0.3 is 0 Å². The summed E-state index contributed by atoms with van der Waals surface area (Å²) in [5, 5.41) is 0. The van der Waals surface area contributed by atoms with Gasteiger partial charge in [0.05, 0.1) is 0 Å². The predicted octanol–water partition coefficient (Wildman–Crippen LogP) is 2.45. The Balaban J connectivity index is 4.26. The van der Waals surface area contributed by atoms with Crippen LogP contribution >= 0.6 is 0 Å². The fourth-order valence-electron chi connectivity index (χ4n) is 1.02. The average molecular weight is 151 g/mol. The maximum absolute atomic E-state index is 4.39. The van der Waals surface area contributed by atoms with E-state index in [1.165, 1.54) is 12.0 Å². The van der Waals surface area contributed by atoms with Crippen LogP contribution in [0.2, 0.25) is 6.82 Å². The van der Waals surface area contributed by atoms with Crippen LogP contribution < -0.4 is 0 Å². The maximum Gasteiger partial charge on any atom is 0.173 e. The van der Waals surface area contributed by atoms with E-state index in [9.17, 15) is 0 Å². The first-order valence-corrected chi connectivity index (χ1v) is 4.34. The maximum atomic E-state index is 4.39. The molecule has 0 fully saturated rings. The molecule has 0 aromatic heterocycles. The van der Waals surface area contributed by atoms with E-state index < -0.39 is 0 Å². The largest absolute Gasteiger partial charge is 0.273 e. The third kappa shape index (κ3) is 4.02. The van der Waals surface area contributed by atoms with Gasteiger partial charge in [0.15, 0.2) is 7.28 Å². The molecule has 1 unspecified atom stereocenters. The van der Waals surface area contributed by atoms with E-state index in [4.69, 9.17) is 0 Å². The summed E-state index contributed by atoms with van der Waals surface area (Å²) in [6, 6.07) is 0. The van der Waals surface area contributed by atoms with Gasteiger partial charge in [-0.25, -0.2) is 0 Å². The summed E-state index contributed by atoms with van der Waals surface area (Å²) in [7, 11) is 1.04. The molecule has 0 rings (SSSR count). The lowest BCUT2D eigenvalue weighted by Gasteiger charge is -2.09. The highest BCUT2D eigenvalue weighted by Crippen LogP contribution is 2.05. The second kappa shape index (κ2) is 5.17. The van der Waals surface area contributed by atoms with Gasteiger partial charge in [-0.15, -0.1) is 0 Å². The molecule has 0 heterocycles. The second-order valence-electron chi connectivity index (χ2n) is 3.00. The van der Waals surface area contributed by atoms with E-state index >= 15 is 0 Å². The van der Waals surface area contributed by atoms with Crippen LogP contribution in [-0.2, 0) is 0 Å². The van der Waals surface area contributed by atoms with E-state index in [-0.39, 0.29) is 0 Å². The van der Waals surface area contributed by atoms with E-state index in [1.807, 2.05) is 6.92 Å². The van der Waals surface area contributed by atoms with Crippen LogP contribution in [0.3, 0.4) is 0 Å². The van der Waals surface area contributed by atoms with E-state index in [0.717, 1.165) is 13.0 Å². The van der Waals surface area contributed by atoms with Gasteiger partial charge in [0.1, 0.15) is 0 Å². The van der Waals surface area contributed by atoms with Crippen molar-refractivity contribution < 1.29 is 0 Å². The molecule has 0 bridgehead atoms. The molecule has 0 N–H and O–H groups in total. The zero-order valence-corrected chi connectivity index (χ0v) is 8.15. The molecule has 2 heteroatoms. The lowest BCUT2D eigenvalue weighted by molar-refractivity contribution is 0.747. The molecule has 0 aliphatic rings. The minimum Gasteiger partial charge on any atom is -0.273 e. The minimum absolute atomic E-state index is 0.608. The Kier molecular flexibility index (Phi) is 4.92. The smallest absolute Gasteiger partial charge is 0.173 e. The Morgan fingerprint density at radius 3 is 2.45 bits per heavy atom. The Bertz CT molecular complexity index is 161. The number of hydrogen-bond acceptors (Lipinski definition) is 1. The van der Waals surface area contributed by atoms with Crippen molar-refractivity contribution in [3.05, 3.63) is 12.3 Å². The summed E-state index contributed by atoms with van der Waals surface area (Å²) in [6.45, 7) is 12.3. The molecule has 0 amide bonds. The van der Waals surface area contributed by atoms with Crippen molar-refractivity contribution >= 4 is 12.9 Å². The van der Waals surface area contributed by atoms with Crippen LogP contribution in [0.15, 0.2) is 17.3 Å². The van der Waals surface area contributed by atoms with Crippen molar-refractivity contribution in [2.45, 2.75) is 34.0 Å². The van der Waals surface area contributed by atoms with Crippen LogP contribution in [-0.4, -0.2) is 12.9 Å². The first kappa shape index (κ1) is 10.5. The lowest BCUT2D eigenvalue weighted by Crippen LogP contribution is -2.15. The second-order valence-corrected chi connectivity index (χ2v) is 3.00. The van der Waals surface area contributed by atoms with Crippen LogP contribution in [0.1, 0.15) is 27.2 Å². The zero-order chi connectivity index (χ0) is 8.85. The first-order valence-electron chi connectivity index (χ1n) is 4.34. The van der Waals surface area contributed by atoms with Gasteiger partial charge in [-0.2, -0.15) is 0 Å². The Labute approximate surface area is 70.9 Å². The summed E-state index contributed by atoms with van der Waals surface area (Å²) < 4.78 is 0. The monoisotopic (exact) mass is 151 g/mol. The van der Waals surface area contributed by atoms with Crippen LogP contribution in [0.4, 0.5) is 0 Å². The Morgan fingerprint density at radius 1 is 1.64 bits per heavy atom. The van der Waals surface area contributed by atoms with Gasteiger partial charge in [-0.05, 0) is 24.9 Å². The van der Waals surface area contributed by atoms with Gasteiger partial charge in [-0.3, -0.25) is 4.99 Å². The predicted molar refractivity (Wildman–Crippen MR) is 54.7 cm³/mol. The molecule has 62 valence electrons. The van der Waals surface area contributed by atoms with Crippen molar-refractivity contribution in [1.29, 1.82) is 0 Å². The summed E-state index contributed by atoms with van der Waals surface area (Å²) >= 11 is 0. The number of aliphatic imine (C=N–C) groups is 1. The van der Waals surface area contributed by atoms with Crippen LogP contribution in [0, 0.1) is 5.92 Å². The standard InChI is InChI=1S/C9H18BN/c1-6-8(4)9(10-5)11-7(2)3/h8,10H,2,6H2,1,3-5H3/b11-9-. The van der Waals surface area contributed by atoms with Gasteiger partial charge in [0, 0.05) is 5.70 Å². The van der Waals surface area contributed by atoms with Gasteiger partial charge in [-0.1, -0.05) is 27.2 Å². The lowest BCUT2D eigenvalue weighted by atomic mass is 9.69. The molecule has 0 aromatic carbocycles. The highest BCUT2D eigenvalue weighted by Gasteiger charge is 2.05. The zero-order valence-electron chi connectivity index (χ0n) is 8.15. The molecule has 0 aliphatic carbocycles. The molecular formula is C9H18BN. The fourth-order valence-corrected chi connectivity index (χ4v) is 1.02. The number of hydrogen-bond donors (Lipinski definition) is 0. The molecule has 0 aliphatic heterocycles. The topological polar surface area (TPSA) is 12.4 Å². The highest BCUT2D eigenvalue weighted by molar-refractivity contribution is 6.74. The van der Waals surface area contributed by atoms with E-state index in [1.54, 1.807) is 0 Å². The van der Waals surface area contributed by atoms with E-state index in [2.05, 4.69) is 32.2 Å². The molecular weight excluding hydrogens is 133 g/mol. The van der Waals surface area contributed by atoms with Crippen molar-refractivity contribution in [3.8, 4) is 0 Å². The number of rotatable bonds is 4. The van der Waals surface area contributed by atoms with Crippen molar-refractivity contribution in [2.24, 2.45) is 10.9 Å². The van der Waals surface area contributed by atoms with Crippen LogP contribution in [0.5, 0.6) is 0 Å². The summed E-state index contributed by atoms with van der Waals surface area (Å²) in [4.78, 5) is 4.39. The third-order valence-electron chi connectivity index (χ3n) is 1.88. The molecule has 0 spiro atoms. The van der Waals surface area contributed by atoms with Crippen molar-refractivity contribution in [3.63, 3.8) is 0 Å². The molecule has 1 atom stereocenters. The molecule has 1 nitrogen and oxygen atoms in total. The molecule has 0 saturated heterocycles. The molecule has 11 heavy (non-hydrogen) atoms. The highest BCUT2D eigenvalue weighted by atomic mass is 14.7. The third-order valence-corrected chi connectivity index (χ3v) is 1.88. The Morgan fingerprint density at radius 2 is 2.18 bits per heavy atom. The fraction of sp³-hybridized carbons (Fsp3) is 0.667. The van der Waals surface area contributed by atoms with Crippen molar-refractivity contribution in [2.75, 3.05) is 0 Å². The number of nitrogens with zero attached hydrogens (tertiary/aromatic N) is 1. The quantitative estimate of drug-likeness (QED) is 0.432. The Hall–Kier alpha value is -0.525. The molecule has 0 saturated carbocycles. The normalized spacial score (nSPS) is 14.4. The summed E-state index contributed by atoms with van der Waals surface area (Å²) in [6.07, 6.45) is 1.17. The molecule has 0 aromatic rings. The first-order chi connectivity index (χ1) is 5.11. The average Bonchev–Trinajstić information content (AvgIpc) is 1.98. The van der Waals surface area contributed by atoms with Gasteiger partial charge >= 0.3 is 0 Å². The SMILES string of the molecule is C=C(C)/N=C(\BC)C(C)CC. The van der Waals surface area contributed by atoms with Crippen molar-refractivity contribution in [1.82, 2.24) is 0 Å². The van der Waals surface area contributed by atoms with E-state index in [0.29, 0.717) is 5.92 Å². The summed E-state index contributed by atoms with van der Waals surface area (Å²) in [5.41, 5.74) is 2.20. The number of allylic oxidation sites excluding steroid dienone is 1. The van der Waals surface area contributed by atoms with Gasteiger partial charge in [0.2, 0.25) is 0 Å². The summed E-state index contributed by atoms with van der Waals surface area (Å²) in [5.74, 6) is 0.608. The molecule has 0 radical (unpaired) electrons. The van der Waals surface area contributed by atoms with Crippen LogP contribution in [0.25, 0.3) is 0 Å². The van der Waals surface area contributed by atoms with Gasteiger partial charge in [0.25, 0.3) is 0 Å².